The van der Waals surface area contributed by atoms with Crippen molar-refractivity contribution in [3.8, 4) is 11.6 Å². The molecule has 7 heteroatoms. The molecule has 1 amide bonds. The molecule has 0 saturated carbocycles. The van der Waals surface area contributed by atoms with E-state index in [1.165, 1.54) is 6.20 Å². The summed E-state index contributed by atoms with van der Waals surface area (Å²) in [6.07, 6.45) is 1.54. The number of aryl methyl sites for hydroxylation is 1. The summed E-state index contributed by atoms with van der Waals surface area (Å²) in [5.74, 6) is 0.251. The van der Waals surface area contributed by atoms with Crippen LogP contribution in [0.15, 0.2) is 42.6 Å². The molecule has 0 radical (unpaired) electrons. The predicted octanol–water partition coefficient (Wildman–Crippen LogP) is 3.80. The van der Waals surface area contributed by atoms with Crippen LogP contribution in [0.5, 0.6) is 5.88 Å². The molecule has 1 aromatic carbocycles. The van der Waals surface area contributed by atoms with Crippen LogP contribution in [0.25, 0.3) is 5.69 Å². The molecule has 2 heterocycles. The van der Waals surface area contributed by atoms with Crippen molar-refractivity contribution >= 4 is 23.2 Å². The average molecular weight is 357 g/mol. The molecule has 0 spiro atoms. The van der Waals surface area contributed by atoms with E-state index in [0.29, 0.717) is 27.8 Å². The highest BCUT2D eigenvalue weighted by Crippen LogP contribution is 2.21. The van der Waals surface area contributed by atoms with Gasteiger partial charge in [0, 0.05) is 11.1 Å². The maximum atomic E-state index is 12.6. The molecule has 0 aliphatic rings. The zero-order valence-corrected chi connectivity index (χ0v) is 14.8. The standard InChI is InChI=1S/C18H17ClN4O2/c1-11-16(7-8-17(21-11)25-3)22-18(24)15-10-20-23(12(15)2)14-6-4-5-13(19)9-14/h4-10H,1-3H3,(H,22,24). The third kappa shape index (κ3) is 3.49. The molecular formula is C18H17ClN4O2. The summed E-state index contributed by atoms with van der Waals surface area (Å²) in [5, 5.41) is 7.77. The third-order valence-corrected chi connectivity index (χ3v) is 4.06. The van der Waals surface area contributed by atoms with Gasteiger partial charge in [0.05, 0.1) is 41.6 Å². The van der Waals surface area contributed by atoms with Crippen LogP contribution in [0.2, 0.25) is 5.02 Å². The Morgan fingerprint density at radius 2 is 2.04 bits per heavy atom. The number of amides is 1. The van der Waals surface area contributed by atoms with Gasteiger partial charge in [0.1, 0.15) is 0 Å². The number of anilines is 1. The Bertz CT molecular complexity index is 937. The van der Waals surface area contributed by atoms with E-state index >= 15 is 0 Å². The van der Waals surface area contributed by atoms with E-state index in [0.717, 1.165) is 11.4 Å². The first kappa shape index (κ1) is 17.0. The molecule has 0 aliphatic carbocycles. The fourth-order valence-electron chi connectivity index (χ4n) is 2.47. The van der Waals surface area contributed by atoms with Gasteiger partial charge in [-0.1, -0.05) is 17.7 Å². The average Bonchev–Trinajstić information content (AvgIpc) is 2.98. The second-order valence-corrected chi connectivity index (χ2v) is 5.91. The lowest BCUT2D eigenvalue weighted by molar-refractivity contribution is 0.102. The zero-order valence-electron chi connectivity index (χ0n) is 14.1. The summed E-state index contributed by atoms with van der Waals surface area (Å²) in [6, 6.07) is 10.8. The Balaban J connectivity index is 1.86. The van der Waals surface area contributed by atoms with Gasteiger partial charge in [0.2, 0.25) is 5.88 Å². The summed E-state index contributed by atoms with van der Waals surface area (Å²) >= 11 is 6.03. The number of aromatic nitrogens is 3. The van der Waals surface area contributed by atoms with E-state index in [1.807, 2.05) is 19.1 Å². The summed E-state index contributed by atoms with van der Waals surface area (Å²) in [4.78, 5) is 16.9. The molecule has 25 heavy (non-hydrogen) atoms. The van der Waals surface area contributed by atoms with Crippen LogP contribution in [0.1, 0.15) is 21.7 Å². The van der Waals surface area contributed by atoms with Crippen molar-refractivity contribution < 1.29 is 9.53 Å². The number of carbonyl (C=O) groups excluding carboxylic acids is 1. The van der Waals surface area contributed by atoms with Gasteiger partial charge in [0.25, 0.3) is 5.91 Å². The first-order valence-electron chi connectivity index (χ1n) is 7.63. The van der Waals surface area contributed by atoms with E-state index in [4.69, 9.17) is 16.3 Å². The van der Waals surface area contributed by atoms with Crippen molar-refractivity contribution in [1.29, 1.82) is 0 Å². The minimum atomic E-state index is -0.249. The molecule has 128 valence electrons. The number of halogens is 1. The quantitative estimate of drug-likeness (QED) is 0.772. The highest BCUT2D eigenvalue weighted by atomic mass is 35.5. The number of nitrogens with zero attached hydrogens (tertiary/aromatic N) is 3. The fourth-order valence-corrected chi connectivity index (χ4v) is 2.66. The van der Waals surface area contributed by atoms with Gasteiger partial charge in [-0.25, -0.2) is 9.67 Å². The lowest BCUT2D eigenvalue weighted by Gasteiger charge is -2.09. The molecule has 0 bridgehead atoms. The summed E-state index contributed by atoms with van der Waals surface area (Å²) in [5.41, 5.74) is 3.30. The highest BCUT2D eigenvalue weighted by Gasteiger charge is 2.16. The number of hydrogen-bond acceptors (Lipinski definition) is 4. The molecule has 0 aliphatic heterocycles. The number of ether oxygens (including phenoxy) is 1. The number of methoxy groups -OCH3 is 1. The van der Waals surface area contributed by atoms with Crippen molar-refractivity contribution in [2.24, 2.45) is 0 Å². The monoisotopic (exact) mass is 356 g/mol. The highest BCUT2D eigenvalue weighted by molar-refractivity contribution is 6.30. The fraction of sp³-hybridized carbons (Fsp3) is 0.167. The van der Waals surface area contributed by atoms with Crippen molar-refractivity contribution in [1.82, 2.24) is 14.8 Å². The van der Waals surface area contributed by atoms with E-state index in [1.54, 1.807) is 43.0 Å². The van der Waals surface area contributed by atoms with Gasteiger partial charge in [-0.05, 0) is 38.1 Å². The summed E-state index contributed by atoms with van der Waals surface area (Å²) < 4.78 is 6.75. The van der Waals surface area contributed by atoms with Crippen LogP contribution in [-0.2, 0) is 0 Å². The van der Waals surface area contributed by atoms with E-state index in [2.05, 4.69) is 15.4 Å². The number of nitrogens with one attached hydrogen (secondary N) is 1. The zero-order chi connectivity index (χ0) is 18.0. The van der Waals surface area contributed by atoms with Gasteiger partial charge in [-0.15, -0.1) is 0 Å². The molecule has 0 unspecified atom stereocenters. The Labute approximate surface area is 150 Å². The molecule has 0 atom stereocenters. The van der Waals surface area contributed by atoms with Gasteiger partial charge >= 0.3 is 0 Å². The van der Waals surface area contributed by atoms with E-state index in [-0.39, 0.29) is 5.91 Å². The topological polar surface area (TPSA) is 69.0 Å². The summed E-state index contributed by atoms with van der Waals surface area (Å²) in [7, 11) is 1.55. The van der Waals surface area contributed by atoms with Crippen molar-refractivity contribution in [2.75, 3.05) is 12.4 Å². The van der Waals surface area contributed by atoms with Crippen molar-refractivity contribution in [3.05, 3.63) is 64.6 Å². The number of pyridine rings is 1. The van der Waals surface area contributed by atoms with E-state index < -0.39 is 0 Å². The first-order chi connectivity index (χ1) is 12.0. The van der Waals surface area contributed by atoms with Gasteiger partial charge < -0.3 is 10.1 Å². The third-order valence-electron chi connectivity index (χ3n) is 3.82. The second-order valence-electron chi connectivity index (χ2n) is 5.48. The van der Waals surface area contributed by atoms with Crippen molar-refractivity contribution in [2.45, 2.75) is 13.8 Å². The molecule has 3 rings (SSSR count). The molecule has 0 fully saturated rings. The van der Waals surface area contributed by atoms with Crippen LogP contribution in [0.3, 0.4) is 0 Å². The Morgan fingerprint density at radius 3 is 2.72 bits per heavy atom. The van der Waals surface area contributed by atoms with Crippen LogP contribution >= 0.6 is 11.6 Å². The molecule has 0 saturated heterocycles. The first-order valence-corrected chi connectivity index (χ1v) is 8.01. The minimum absolute atomic E-state index is 0.249. The van der Waals surface area contributed by atoms with Gasteiger partial charge in [-0.3, -0.25) is 4.79 Å². The van der Waals surface area contributed by atoms with Crippen LogP contribution < -0.4 is 10.1 Å². The molecule has 2 aromatic heterocycles. The normalized spacial score (nSPS) is 10.6. The summed E-state index contributed by atoms with van der Waals surface area (Å²) in [6.45, 7) is 3.64. The molecular weight excluding hydrogens is 340 g/mol. The van der Waals surface area contributed by atoms with Crippen LogP contribution in [0.4, 0.5) is 5.69 Å². The predicted molar refractivity (Wildman–Crippen MR) is 96.8 cm³/mol. The SMILES string of the molecule is COc1ccc(NC(=O)c2cnn(-c3cccc(Cl)c3)c2C)c(C)n1. The van der Waals surface area contributed by atoms with E-state index in [9.17, 15) is 4.79 Å². The number of carbonyl (C=O) groups is 1. The Kier molecular flexibility index (Phi) is 4.72. The van der Waals surface area contributed by atoms with Gasteiger partial charge in [-0.2, -0.15) is 5.10 Å². The lowest BCUT2D eigenvalue weighted by Crippen LogP contribution is -2.14. The second kappa shape index (κ2) is 6.94. The Morgan fingerprint density at radius 1 is 1.24 bits per heavy atom. The molecule has 6 nitrogen and oxygen atoms in total. The molecule has 1 N–H and O–H groups in total. The largest absolute Gasteiger partial charge is 0.481 e. The maximum absolute atomic E-state index is 12.6. The smallest absolute Gasteiger partial charge is 0.259 e. The number of hydrogen-bond donors (Lipinski definition) is 1. The minimum Gasteiger partial charge on any atom is -0.481 e. The Hall–Kier alpha value is -2.86. The number of benzene rings is 1. The lowest BCUT2D eigenvalue weighted by atomic mass is 10.2. The number of rotatable bonds is 4. The van der Waals surface area contributed by atoms with Crippen LogP contribution in [-0.4, -0.2) is 27.8 Å². The van der Waals surface area contributed by atoms with Gasteiger partial charge in [0.15, 0.2) is 0 Å². The van der Waals surface area contributed by atoms with Crippen molar-refractivity contribution in [3.63, 3.8) is 0 Å². The maximum Gasteiger partial charge on any atom is 0.259 e. The molecule has 3 aromatic rings. The van der Waals surface area contributed by atoms with Crippen LogP contribution in [0, 0.1) is 13.8 Å².